The fraction of sp³-hybridized carbons (Fsp3) is 0.438. The lowest BCUT2D eigenvalue weighted by molar-refractivity contribution is -0.195. The van der Waals surface area contributed by atoms with Crippen molar-refractivity contribution >= 4 is 17.9 Å². The van der Waals surface area contributed by atoms with E-state index < -0.39 is 36.4 Å². The molecule has 0 aliphatic carbocycles. The van der Waals surface area contributed by atoms with Crippen molar-refractivity contribution in [2.75, 3.05) is 6.61 Å². The highest BCUT2D eigenvalue weighted by molar-refractivity contribution is 5.89. The summed E-state index contributed by atoms with van der Waals surface area (Å²) in [5, 5.41) is 0. The molecule has 1 aliphatic rings. The molecule has 0 unspecified atom stereocenters. The van der Waals surface area contributed by atoms with E-state index in [4.69, 9.17) is 18.9 Å². The van der Waals surface area contributed by atoms with Crippen LogP contribution in [-0.2, 0) is 28.5 Å². The highest BCUT2D eigenvalue weighted by atomic mass is 16.7. The van der Waals surface area contributed by atoms with Crippen LogP contribution in [0.4, 0.5) is 0 Å². The monoisotopic (exact) mass is 322 g/mol. The molecule has 7 heteroatoms. The van der Waals surface area contributed by atoms with Gasteiger partial charge in [0.25, 0.3) is 0 Å². The molecule has 1 saturated heterocycles. The minimum atomic E-state index is -0.989. The zero-order valence-corrected chi connectivity index (χ0v) is 12.9. The summed E-state index contributed by atoms with van der Waals surface area (Å²) in [6.45, 7) is 2.47. The first-order valence-corrected chi connectivity index (χ1v) is 7.17. The Kier molecular flexibility index (Phi) is 5.70. The maximum atomic E-state index is 11.9. The summed E-state index contributed by atoms with van der Waals surface area (Å²) in [5.41, 5.74) is 0.429. The molecule has 2 rings (SSSR count). The third kappa shape index (κ3) is 5.07. The third-order valence-electron chi connectivity index (χ3n) is 3.13. The van der Waals surface area contributed by atoms with Crippen LogP contribution >= 0.6 is 0 Å². The minimum Gasteiger partial charge on any atom is -0.459 e. The zero-order chi connectivity index (χ0) is 16.8. The Labute approximate surface area is 133 Å². The SMILES string of the molecule is CC(=O)O[C@H]1O[C@@H](COC(=O)c2ccccc2)C[C@H]1OC(C)=O. The van der Waals surface area contributed by atoms with Crippen molar-refractivity contribution in [3.63, 3.8) is 0 Å². The molecule has 1 aromatic carbocycles. The third-order valence-corrected chi connectivity index (χ3v) is 3.13. The normalized spacial score (nSPS) is 23.1. The minimum absolute atomic E-state index is 0.0245. The van der Waals surface area contributed by atoms with E-state index in [-0.39, 0.29) is 13.0 Å². The smallest absolute Gasteiger partial charge is 0.338 e. The Morgan fingerprint density at radius 3 is 2.35 bits per heavy atom. The number of hydrogen-bond acceptors (Lipinski definition) is 7. The fourth-order valence-electron chi connectivity index (χ4n) is 2.22. The lowest BCUT2D eigenvalue weighted by Gasteiger charge is -2.17. The lowest BCUT2D eigenvalue weighted by atomic mass is 10.2. The van der Waals surface area contributed by atoms with Gasteiger partial charge in [-0.05, 0) is 12.1 Å². The van der Waals surface area contributed by atoms with Crippen molar-refractivity contribution in [2.24, 2.45) is 0 Å². The van der Waals surface area contributed by atoms with Gasteiger partial charge < -0.3 is 18.9 Å². The van der Waals surface area contributed by atoms with Gasteiger partial charge in [-0.25, -0.2) is 4.79 Å². The molecular weight excluding hydrogens is 304 g/mol. The van der Waals surface area contributed by atoms with Crippen LogP contribution in [0.3, 0.4) is 0 Å². The second-order valence-electron chi connectivity index (χ2n) is 5.08. The highest BCUT2D eigenvalue weighted by Crippen LogP contribution is 2.25. The van der Waals surface area contributed by atoms with Crippen LogP contribution in [-0.4, -0.2) is 43.0 Å². The van der Waals surface area contributed by atoms with E-state index in [1.807, 2.05) is 0 Å². The maximum absolute atomic E-state index is 11.9. The molecule has 3 atom stereocenters. The second kappa shape index (κ2) is 7.73. The second-order valence-corrected chi connectivity index (χ2v) is 5.08. The van der Waals surface area contributed by atoms with Gasteiger partial charge in [0, 0.05) is 20.3 Å². The van der Waals surface area contributed by atoms with Gasteiger partial charge >= 0.3 is 17.9 Å². The summed E-state index contributed by atoms with van der Waals surface area (Å²) < 4.78 is 20.7. The summed E-state index contributed by atoms with van der Waals surface area (Å²) in [7, 11) is 0. The van der Waals surface area contributed by atoms with Crippen LogP contribution in [0.1, 0.15) is 30.6 Å². The van der Waals surface area contributed by atoms with Gasteiger partial charge in [-0.15, -0.1) is 0 Å². The van der Waals surface area contributed by atoms with Gasteiger partial charge in [0.15, 0.2) is 6.10 Å². The first-order valence-electron chi connectivity index (χ1n) is 7.17. The topological polar surface area (TPSA) is 88.1 Å². The molecule has 0 radical (unpaired) electrons. The maximum Gasteiger partial charge on any atom is 0.338 e. The number of ether oxygens (including phenoxy) is 4. The molecular formula is C16H18O7. The van der Waals surface area contributed by atoms with E-state index >= 15 is 0 Å². The Morgan fingerprint density at radius 2 is 1.74 bits per heavy atom. The van der Waals surface area contributed by atoms with Gasteiger partial charge in [-0.2, -0.15) is 0 Å². The van der Waals surface area contributed by atoms with Gasteiger partial charge in [0.1, 0.15) is 6.61 Å². The average Bonchev–Trinajstić information content (AvgIpc) is 2.86. The first kappa shape index (κ1) is 17.0. The van der Waals surface area contributed by atoms with Crippen LogP contribution in [0.25, 0.3) is 0 Å². The number of carbonyl (C=O) groups is 3. The Balaban J connectivity index is 1.89. The number of esters is 3. The van der Waals surface area contributed by atoms with E-state index in [0.29, 0.717) is 5.56 Å². The molecule has 0 saturated carbocycles. The van der Waals surface area contributed by atoms with Crippen molar-refractivity contribution in [3.8, 4) is 0 Å². The first-order chi connectivity index (χ1) is 11.0. The molecule has 23 heavy (non-hydrogen) atoms. The summed E-state index contributed by atoms with van der Waals surface area (Å²) >= 11 is 0. The molecule has 1 aromatic rings. The van der Waals surface area contributed by atoms with E-state index in [1.165, 1.54) is 13.8 Å². The summed E-state index contributed by atoms with van der Waals surface area (Å²) in [4.78, 5) is 34.0. The van der Waals surface area contributed by atoms with Crippen LogP contribution < -0.4 is 0 Å². The predicted molar refractivity (Wildman–Crippen MR) is 77.3 cm³/mol. The summed E-state index contributed by atoms with van der Waals surface area (Å²) in [5.74, 6) is -1.53. The number of rotatable bonds is 5. The van der Waals surface area contributed by atoms with E-state index in [0.717, 1.165) is 0 Å². The van der Waals surface area contributed by atoms with Crippen LogP contribution in [0.15, 0.2) is 30.3 Å². The van der Waals surface area contributed by atoms with E-state index in [1.54, 1.807) is 30.3 Å². The van der Waals surface area contributed by atoms with Gasteiger partial charge in [0.2, 0.25) is 6.29 Å². The number of carbonyl (C=O) groups excluding carboxylic acids is 3. The van der Waals surface area contributed by atoms with Crippen molar-refractivity contribution in [1.29, 1.82) is 0 Å². The van der Waals surface area contributed by atoms with Crippen molar-refractivity contribution < 1.29 is 33.3 Å². The largest absolute Gasteiger partial charge is 0.459 e. The van der Waals surface area contributed by atoms with Crippen LogP contribution in [0.5, 0.6) is 0 Å². The molecule has 1 aliphatic heterocycles. The lowest BCUT2D eigenvalue weighted by Crippen LogP contribution is -2.30. The Bertz CT molecular complexity index is 545. The molecule has 0 bridgehead atoms. The summed E-state index contributed by atoms with van der Waals surface area (Å²) in [6, 6.07) is 8.54. The van der Waals surface area contributed by atoms with Gasteiger partial charge in [-0.1, -0.05) is 18.2 Å². The molecule has 0 aromatic heterocycles. The van der Waals surface area contributed by atoms with Gasteiger partial charge in [0.05, 0.1) is 11.7 Å². The van der Waals surface area contributed by atoms with Gasteiger partial charge in [-0.3, -0.25) is 9.59 Å². The summed E-state index contributed by atoms with van der Waals surface area (Å²) in [6.07, 6.45) is -1.94. The standard InChI is InChI=1S/C16H18O7/c1-10(17)21-14-8-13(23-16(14)22-11(2)18)9-20-15(19)12-6-4-3-5-7-12/h3-7,13-14,16H,8-9H2,1-2H3/t13-,14-,16+/m1/s1. The quantitative estimate of drug-likeness (QED) is 0.599. The zero-order valence-electron chi connectivity index (χ0n) is 12.9. The molecule has 0 spiro atoms. The Hall–Kier alpha value is -2.41. The number of benzene rings is 1. The van der Waals surface area contributed by atoms with Crippen molar-refractivity contribution in [2.45, 2.75) is 38.8 Å². The van der Waals surface area contributed by atoms with Crippen LogP contribution in [0, 0.1) is 0 Å². The molecule has 7 nitrogen and oxygen atoms in total. The number of hydrogen-bond donors (Lipinski definition) is 0. The highest BCUT2D eigenvalue weighted by Gasteiger charge is 2.40. The predicted octanol–water partition coefficient (Wildman–Crippen LogP) is 1.45. The molecule has 124 valence electrons. The van der Waals surface area contributed by atoms with Crippen LogP contribution in [0.2, 0.25) is 0 Å². The Morgan fingerprint density at radius 1 is 1.09 bits per heavy atom. The fourth-order valence-corrected chi connectivity index (χ4v) is 2.22. The molecule has 0 amide bonds. The average molecular weight is 322 g/mol. The van der Waals surface area contributed by atoms with Crippen molar-refractivity contribution in [1.82, 2.24) is 0 Å². The molecule has 1 fully saturated rings. The molecule has 0 N–H and O–H groups in total. The molecule has 1 heterocycles. The van der Waals surface area contributed by atoms with E-state index in [2.05, 4.69) is 0 Å². The van der Waals surface area contributed by atoms with E-state index in [9.17, 15) is 14.4 Å². The van der Waals surface area contributed by atoms with Crippen molar-refractivity contribution in [3.05, 3.63) is 35.9 Å².